The first-order valence-electron chi connectivity index (χ1n) is 10.8. The molecule has 1 aliphatic heterocycles. The predicted molar refractivity (Wildman–Crippen MR) is 118 cm³/mol. The normalized spacial score (nSPS) is 19.3. The molecule has 2 unspecified atom stereocenters. The molecular weight excluding hydrogens is 491 g/mol. The molecular formula is C22H28F3N3O6S. The van der Waals surface area contributed by atoms with Crippen LogP contribution in [-0.2, 0) is 32.3 Å². The molecule has 1 aromatic heterocycles. The van der Waals surface area contributed by atoms with Crippen LogP contribution in [0.5, 0.6) is 0 Å². The number of benzene rings is 1. The van der Waals surface area contributed by atoms with E-state index < -0.39 is 45.6 Å². The molecule has 2 aromatic rings. The van der Waals surface area contributed by atoms with E-state index in [4.69, 9.17) is 14.0 Å². The zero-order chi connectivity index (χ0) is 26.2. The molecule has 1 aliphatic rings. The maximum absolute atomic E-state index is 13.0. The van der Waals surface area contributed by atoms with E-state index in [1.54, 1.807) is 20.8 Å². The number of ether oxygens (including phenoxy) is 2. The first-order chi connectivity index (χ1) is 16.1. The van der Waals surface area contributed by atoms with Gasteiger partial charge in [-0.05, 0) is 52.3 Å². The van der Waals surface area contributed by atoms with Gasteiger partial charge in [-0.1, -0.05) is 17.3 Å². The lowest BCUT2D eigenvalue weighted by atomic mass is 10.1. The van der Waals surface area contributed by atoms with Crippen molar-refractivity contribution in [2.24, 2.45) is 0 Å². The van der Waals surface area contributed by atoms with Crippen LogP contribution in [0.4, 0.5) is 18.0 Å². The summed E-state index contributed by atoms with van der Waals surface area (Å²) in [6, 6.07) is 3.60. The van der Waals surface area contributed by atoms with Crippen LogP contribution in [0.2, 0.25) is 0 Å². The van der Waals surface area contributed by atoms with Gasteiger partial charge < -0.3 is 18.9 Å². The maximum atomic E-state index is 13.0. The van der Waals surface area contributed by atoms with E-state index in [0.29, 0.717) is 5.56 Å². The van der Waals surface area contributed by atoms with Gasteiger partial charge in [0, 0.05) is 6.54 Å². The number of hydrogen-bond donors (Lipinski definition) is 1. The number of aryl methyl sites for hydroxylation is 2. The van der Waals surface area contributed by atoms with Crippen LogP contribution < -0.4 is 4.72 Å². The molecule has 0 radical (unpaired) electrons. The number of amides is 1. The fourth-order valence-corrected chi connectivity index (χ4v) is 5.23. The highest BCUT2D eigenvalue weighted by Crippen LogP contribution is 2.29. The molecule has 1 amide bonds. The predicted octanol–water partition coefficient (Wildman–Crippen LogP) is 3.79. The number of rotatable bonds is 6. The standard InChI is InChI=1S/C22H28F3N3O6S/c1-13-19(14(2)34-26-13)35(30,31)27-17-10-28(20(29)33-21(3,4)5)11-18(17)32-12-15-6-8-16(9-7-15)22(23,24)25/h6-9,17-18,27H,10-12H2,1-5H3. The van der Waals surface area contributed by atoms with E-state index >= 15 is 0 Å². The van der Waals surface area contributed by atoms with Crippen LogP contribution in [-0.4, -0.2) is 55.4 Å². The quantitative estimate of drug-likeness (QED) is 0.618. The summed E-state index contributed by atoms with van der Waals surface area (Å²) in [4.78, 5) is 13.8. The van der Waals surface area contributed by atoms with Gasteiger partial charge in [0.15, 0.2) is 5.76 Å². The molecule has 3 rings (SSSR count). The molecule has 1 saturated heterocycles. The Balaban J connectivity index is 1.78. The Morgan fingerprint density at radius 3 is 2.31 bits per heavy atom. The Labute approximate surface area is 201 Å². The molecule has 1 fully saturated rings. The minimum Gasteiger partial charge on any atom is -0.444 e. The van der Waals surface area contributed by atoms with Crippen LogP contribution in [0.1, 0.15) is 43.4 Å². The van der Waals surface area contributed by atoms with Crippen molar-refractivity contribution in [2.75, 3.05) is 13.1 Å². The Kier molecular flexibility index (Phi) is 7.53. The largest absolute Gasteiger partial charge is 0.444 e. The van der Waals surface area contributed by atoms with Crippen LogP contribution in [0.3, 0.4) is 0 Å². The number of carbonyl (C=O) groups is 1. The third-order valence-electron chi connectivity index (χ3n) is 5.21. The summed E-state index contributed by atoms with van der Waals surface area (Å²) in [5.74, 6) is 0.110. The highest BCUT2D eigenvalue weighted by atomic mass is 32.2. The minimum absolute atomic E-state index is 0.0182. The van der Waals surface area contributed by atoms with Crippen LogP contribution in [0, 0.1) is 13.8 Å². The van der Waals surface area contributed by atoms with E-state index in [9.17, 15) is 26.4 Å². The number of carbonyl (C=O) groups excluding carboxylic acids is 1. The number of alkyl halides is 3. The molecule has 1 aromatic carbocycles. The summed E-state index contributed by atoms with van der Waals surface area (Å²) in [5, 5.41) is 3.67. The van der Waals surface area contributed by atoms with Crippen molar-refractivity contribution in [1.29, 1.82) is 0 Å². The topological polar surface area (TPSA) is 111 Å². The molecule has 0 bridgehead atoms. The minimum atomic E-state index is -4.46. The molecule has 0 aliphatic carbocycles. The van der Waals surface area contributed by atoms with Crippen molar-refractivity contribution < 1.29 is 40.4 Å². The first-order valence-corrected chi connectivity index (χ1v) is 12.3. The van der Waals surface area contributed by atoms with Crippen molar-refractivity contribution in [1.82, 2.24) is 14.8 Å². The third-order valence-corrected chi connectivity index (χ3v) is 6.94. The summed E-state index contributed by atoms with van der Waals surface area (Å²) >= 11 is 0. The smallest absolute Gasteiger partial charge is 0.416 e. The number of nitrogens with zero attached hydrogens (tertiary/aromatic N) is 2. The van der Waals surface area contributed by atoms with Crippen molar-refractivity contribution in [3.05, 3.63) is 46.8 Å². The van der Waals surface area contributed by atoms with E-state index in [2.05, 4.69) is 9.88 Å². The summed E-state index contributed by atoms with van der Waals surface area (Å²) < 4.78 is 83.3. The highest BCUT2D eigenvalue weighted by molar-refractivity contribution is 7.89. The fourth-order valence-electron chi connectivity index (χ4n) is 3.64. The number of likely N-dealkylation sites (tertiary alicyclic amines) is 1. The molecule has 2 atom stereocenters. The van der Waals surface area contributed by atoms with Crippen LogP contribution in [0.25, 0.3) is 0 Å². The lowest BCUT2D eigenvalue weighted by Gasteiger charge is -2.24. The zero-order valence-electron chi connectivity index (χ0n) is 20.0. The van der Waals surface area contributed by atoms with E-state index in [0.717, 1.165) is 12.1 Å². The van der Waals surface area contributed by atoms with Gasteiger partial charge >= 0.3 is 12.3 Å². The highest BCUT2D eigenvalue weighted by Gasteiger charge is 2.41. The average Bonchev–Trinajstić information content (AvgIpc) is 3.27. The van der Waals surface area contributed by atoms with Gasteiger partial charge in [-0.3, -0.25) is 0 Å². The molecule has 0 spiro atoms. The van der Waals surface area contributed by atoms with Crippen molar-refractivity contribution in [3.8, 4) is 0 Å². The van der Waals surface area contributed by atoms with E-state index in [-0.39, 0.29) is 36.0 Å². The number of halogens is 3. The van der Waals surface area contributed by atoms with Gasteiger partial charge in [0.05, 0.1) is 30.9 Å². The Morgan fingerprint density at radius 2 is 1.80 bits per heavy atom. The molecule has 194 valence electrons. The molecule has 2 heterocycles. The summed E-state index contributed by atoms with van der Waals surface area (Å²) in [6.07, 6.45) is -5.89. The Bertz CT molecular complexity index is 1140. The molecule has 0 saturated carbocycles. The van der Waals surface area contributed by atoms with Gasteiger partial charge in [-0.2, -0.15) is 13.2 Å². The number of sulfonamides is 1. The van der Waals surface area contributed by atoms with Crippen molar-refractivity contribution in [3.63, 3.8) is 0 Å². The lowest BCUT2D eigenvalue weighted by Crippen LogP contribution is -2.44. The summed E-state index contributed by atoms with van der Waals surface area (Å²) in [5.41, 5.74) is -0.911. The molecule has 9 nitrogen and oxygen atoms in total. The van der Waals surface area contributed by atoms with Crippen LogP contribution >= 0.6 is 0 Å². The Hall–Kier alpha value is -2.64. The van der Waals surface area contributed by atoms with Crippen molar-refractivity contribution >= 4 is 16.1 Å². The Morgan fingerprint density at radius 1 is 1.17 bits per heavy atom. The maximum Gasteiger partial charge on any atom is 0.416 e. The average molecular weight is 520 g/mol. The zero-order valence-corrected chi connectivity index (χ0v) is 20.8. The van der Waals surface area contributed by atoms with Gasteiger partial charge in [-0.25, -0.2) is 17.9 Å². The second-order valence-electron chi connectivity index (χ2n) is 9.31. The van der Waals surface area contributed by atoms with Gasteiger partial charge in [0.25, 0.3) is 0 Å². The number of aromatic nitrogens is 1. The van der Waals surface area contributed by atoms with Gasteiger partial charge in [0.2, 0.25) is 10.0 Å². The molecule has 13 heteroatoms. The third kappa shape index (κ3) is 6.73. The van der Waals surface area contributed by atoms with Crippen LogP contribution in [0.15, 0.2) is 33.7 Å². The fraction of sp³-hybridized carbons (Fsp3) is 0.545. The SMILES string of the molecule is Cc1noc(C)c1S(=O)(=O)NC1CN(C(=O)OC(C)(C)C)CC1OCc1ccc(C(F)(F)F)cc1. The second kappa shape index (κ2) is 9.78. The van der Waals surface area contributed by atoms with Crippen molar-refractivity contribution in [2.45, 2.75) is 70.0 Å². The monoisotopic (exact) mass is 519 g/mol. The number of nitrogens with one attached hydrogen (secondary N) is 1. The van der Waals surface area contributed by atoms with Gasteiger partial charge in [0.1, 0.15) is 16.2 Å². The van der Waals surface area contributed by atoms with E-state index in [1.807, 2.05) is 0 Å². The first kappa shape index (κ1) is 27.0. The number of hydrogen-bond acceptors (Lipinski definition) is 7. The molecule has 1 N–H and O–H groups in total. The lowest BCUT2D eigenvalue weighted by molar-refractivity contribution is -0.137. The second-order valence-corrected chi connectivity index (χ2v) is 11.0. The summed E-state index contributed by atoms with van der Waals surface area (Å²) in [6.45, 7) is 7.97. The van der Waals surface area contributed by atoms with E-state index in [1.165, 1.54) is 30.9 Å². The van der Waals surface area contributed by atoms with Gasteiger partial charge in [-0.15, -0.1) is 0 Å². The summed E-state index contributed by atoms with van der Waals surface area (Å²) in [7, 11) is -4.07. The molecule has 35 heavy (non-hydrogen) atoms.